The van der Waals surface area contributed by atoms with Crippen LogP contribution in [0.4, 0.5) is 0 Å². The van der Waals surface area contributed by atoms with Crippen molar-refractivity contribution in [3.8, 4) is 0 Å². The Morgan fingerprint density at radius 1 is 0.500 bits per heavy atom. The van der Waals surface area contributed by atoms with Crippen molar-refractivity contribution >= 4 is 5.91 Å². The normalized spacial score (nSPS) is 13.8. The Morgan fingerprint density at radius 2 is 0.826 bits per heavy atom. The van der Waals surface area contributed by atoms with Crippen LogP contribution in [0.15, 0.2) is 12.2 Å². The summed E-state index contributed by atoms with van der Waals surface area (Å²) in [5.74, 6) is -0.480. The molecular weight excluding hydrogens is 570 g/mol. The van der Waals surface area contributed by atoms with Gasteiger partial charge in [-0.05, 0) is 38.5 Å². The highest BCUT2D eigenvalue weighted by molar-refractivity contribution is 5.80. The van der Waals surface area contributed by atoms with E-state index in [2.05, 4.69) is 31.3 Å². The van der Waals surface area contributed by atoms with Gasteiger partial charge >= 0.3 is 0 Å². The molecule has 0 fully saturated rings. The predicted molar refractivity (Wildman–Crippen MR) is 199 cm³/mol. The molecule has 274 valence electrons. The maximum Gasteiger partial charge on any atom is 0.249 e. The minimum Gasteiger partial charge on any atom is -0.394 e. The lowest BCUT2D eigenvalue weighted by atomic mass is 10.0. The topological polar surface area (TPSA) is 89.8 Å². The first-order valence-corrected chi connectivity index (χ1v) is 20.5. The van der Waals surface area contributed by atoms with E-state index < -0.39 is 24.2 Å². The number of amides is 1. The highest BCUT2D eigenvalue weighted by atomic mass is 16.3. The molecule has 1 amide bonds. The summed E-state index contributed by atoms with van der Waals surface area (Å²) >= 11 is 0. The molecule has 0 aliphatic carbocycles. The molecule has 4 N–H and O–H groups in total. The van der Waals surface area contributed by atoms with Gasteiger partial charge in [-0.3, -0.25) is 4.79 Å². The van der Waals surface area contributed by atoms with E-state index in [0.717, 1.165) is 44.9 Å². The zero-order chi connectivity index (χ0) is 33.8. The first kappa shape index (κ1) is 45.1. The summed E-state index contributed by atoms with van der Waals surface area (Å²) in [7, 11) is 0. The smallest absolute Gasteiger partial charge is 0.249 e. The van der Waals surface area contributed by atoms with Crippen molar-refractivity contribution in [2.75, 3.05) is 6.61 Å². The average molecular weight is 652 g/mol. The lowest BCUT2D eigenvalue weighted by Crippen LogP contribution is -2.49. The minimum absolute atomic E-state index is 0.315. The molecule has 3 unspecified atom stereocenters. The van der Waals surface area contributed by atoms with Crippen molar-refractivity contribution in [1.29, 1.82) is 0 Å². The average Bonchev–Trinajstić information content (AvgIpc) is 3.06. The molecule has 0 bridgehead atoms. The number of aliphatic hydroxyl groups excluding tert-OH is 3. The van der Waals surface area contributed by atoms with Crippen LogP contribution in [-0.2, 0) is 4.79 Å². The number of unbranched alkanes of at least 4 members (excludes halogenated alkanes) is 27. The Balaban J connectivity index is 3.59. The highest BCUT2D eigenvalue weighted by Gasteiger charge is 2.23. The second-order valence-corrected chi connectivity index (χ2v) is 14.2. The summed E-state index contributed by atoms with van der Waals surface area (Å²) in [4.78, 5) is 12.4. The van der Waals surface area contributed by atoms with Gasteiger partial charge in [-0.25, -0.2) is 0 Å². The fraction of sp³-hybridized carbons (Fsp3) is 0.927. The van der Waals surface area contributed by atoms with Crippen LogP contribution >= 0.6 is 0 Å². The van der Waals surface area contributed by atoms with Crippen LogP contribution in [0.1, 0.15) is 219 Å². The third-order valence-corrected chi connectivity index (χ3v) is 9.63. The molecule has 0 aliphatic rings. The summed E-state index contributed by atoms with van der Waals surface area (Å²) in [6, 6.07) is -0.712. The lowest BCUT2D eigenvalue weighted by molar-refractivity contribution is -0.131. The predicted octanol–water partition coefficient (Wildman–Crippen LogP) is 11.3. The van der Waals surface area contributed by atoms with Crippen molar-refractivity contribution in [2.45, 2.75) is 238 Å². The molecule has 0 aromatic heterocycles. The summed E-state index contributed by atoms with van der Waals surface area (Å²) < 4.78 is 0. The van der Waals surface area contributed by atoms with Crippen molar-refractivity contribution in [3.63, 3.8) is 0 Å². The SMILES string of the molecule is CCCCC/C=C\CCCCCCC(O)C(=O)NC(CO)C(O)CCCCCCCCCCCCCCCCCCCCCCC. The standard InChI is InChI=1S/C41H81NO4/c1-3-5-7-9-11-13-15-16-17-18-19-20-21-22-23-24-26-27-29-31-33-35-39(44)38(37-43)42-41(46)40(45)36-34-32-30-28-25-14-12-10-8-6-4-2/h12,14,38-40,43-45H,3-11,13,15-37H2,1-2H3,(H,42,46)/b14-12-. The molecule has 0 heterocycles. The van der Waals surface area contributed by atoms with Crippen LogP contribution in [0.25, 0.3) is 0 Å². The molecule has 0 aromatic carbocycles. The fourth-order valence-corrected chi connectivity index (χ4v) is 6.36. The van der Waals surface area contributed by atoms with Gasteiger partial charge < -0.3 is 20.6 Å². The van der Waals surface area contributed by atoms with E-state index >= 15 is 0 Å². The van der Waals surface area contributed by atoms with Gasteiger partial charge in [0.05, 0.1) is 18.8 Å². The van der Waals surface area contributed by atoms with E-state index in [0.29, 0.717) is 12.8 Å². The molecule has 0 saturated heterocycles. The summed E-state index contributed by atoms with van der Waals surface area (Å²) in [5.41, 5.74) is 0. The molecule has 0 aliphatic heterocycles. The maximum atomic E-state index is 12.4. The second kappa shape index (κ2) is 36.9. The van der Waals surface area contributed by atoms with Crippen molar-refractivity contribution < 1.29 is 20.1 Å². The molecule has 5 heteroatoms. The van der Waals surface area contributed by atoms with Gasteiger partial charge in [0.2, 0.25) is 5.91 Å². The second-order valence-electron chi connectivity index (χ2n) is 14.2. The molecule has 46 heavy (non-hydrogen) atoms. The van der Waals surface area contributed by atoms with Gasteiger partial charge in [-0.15, -0.1) is 0 Å². The quantitative estimate of drug-likeness (QED) is 0.0397. The number of carbonyl (C=O) groups excluding carboxylic acids is 1. The van der Waals surface area contributed by atoms with Gasteiger partial charge in [0, 0.05) is 0 Å². The van der Waals surface area contributed by atoms with E-state index in [9.17, 15) is 20.1 Å². The van der Waals surface area contributed by atoms with Crippen molar-refractivity contribution in [2.24, 2.45) is 0 Å². The Kier molecular flexibility index (Phi) is 36.2. The molecular formula is C41H81NO4. The third-order valence-electron chi connectivity index (χ3n) is 9.63. The summed E-state index contributed by atoms with van der Waals surface area (Å²) in [5, 5.41) is 33.2. The van der Waals surface area contributed by atoms with Crippen LogP contribution in [0, 0.1) is 0 Å². The number of allylic oxidation sites excluding steroid dienone is 2. The lowest BCUT2D eigenvalue weighted by Gasteiger charge is -2.23. The van der Waals surface area contributed by atoms with E-state index in [4.69, 9.17) is 0 Å². The van der Waals surface area contributed by atoms with E-state index in [1.807, 2.05) is 0 Å². The Labute approximate surface area is 287 Å². The van der Waals surface area contributed by atoms with Crippen LogP contribution in [-0.4, -0.2) is 46.1 Å². The molecule has 0 saturated carbocycles. The first-order chi connectivity index (χ1) is 22.6. The monoisotopic (exact) mass is 652 g/mol. The van der Waals surface area contributed by atoms with Gasteiger partial charge in [0.25, 0.3) is 0 Å². The first-order valence-electron chi connectivity index (χ1n) is 20.5. The Bertz CT molecular complexity index is 640. The zero-order valence-electron chi connectivity index (χ0n) is 31.0. The van der Waals surface area contributed by atoms with Crippen LogP contribution < -0.4 is 5.32 Å². The van der Waals surface area contributed by atoms with Crippen LogP contribution in [0.2, 0.25) is 0 Å². The Morgan fingerprint density at radius 3 is 1.24 bits per heavy atom. The molecule has 3 atom stereocenters. The molecule has 5 nitrogen and oxygen atoms in total. The molecule has 0 rings (SSSR count). The van der Waals surface area contributed by atoms with Gasteiger partial charge in [0.1, 0.15) is 6.10 Å². The highest BCUT2D eigenvalue weighted by Crippen LogP contribution is 2.16. The molecule has 0 aromatic rings. The zero-order valence-corrected chi connectivity index (χ0v) is 31.0. The van der Waals surface area contributed by atoms with Crippen LogP contribution in [0.3, 0.4) is 0 Å². The number of rotatable bonds is 37. The number of carbonyl (C=O) groups is 1. The number of aliphatic hydroxyl groups is 3. The minimum atomic E-state index is -1.08. The molecule has 0 spiro atoms. The molecule has 0 radical (unpaired) electrons. The Hall–Kier alpha value is -0.910. The van der Waals surface area contributed by atoms with Gasteiger partial charge in [0.15, 0.2) is 0 Å². The maximum absolute atomic E-state index is 12.4. The van der Waals surface area contributed by atoms with Gasteiger partial charge in [-0.1, -0.05) is 193 Å². The van der Waals surface area contributed by atoms with E-state index in [1.54, 1.807) is 0 Å². The van der Waals surface area contributed by atoms with Crippen molar-refractivity contribution in [1.82, 2.24) is 5.32 Å². The van der Waals surface area contributed by atoms with E-state index in [-0.39, 0.29) is 6.61 Å². The van der Waals surface area contributed by atoms with Gasteiger partial charge in [-0.2, -0.15) is 0 Å². The largest absolute Gasteiger partial charge is 0.394 e. The summed E-state index contributed by atoms with van der Waals surface area (Å²) in [6.07, 6.45) is 42.1. The number of nitrogens with one attached hydrogen (secondary N) is 1. The number of hydrogen-bond donors (Lipinski definition) is 4. The fourth-order valence-electron chi connectivity index (χ4n) is 6.36. The number of hydrogen-bond acceptors (Lipinski definition) is 4. The van der Waals surface area contributed by atoms with E-state index in [1.165, 1.54) is 148 Å². The summed E-state index contributed by atoms with van der Waals surface area (Å²) in [6.45, 7) is 4.20. The third kappa shape index (κ3) is 31.7. The van der Waals surface area contributed by atoms with Crippen LogP contribution in [0.5, 0.6) is 0 Å². The van der Waals surface area contributed by atoms with Crippen molar-refractivity contribution in [3.05, 3.63) is 12.2 Å².